The number of aromatic nitrogens is 2. The molecule has 0 aliphatic rings. The van der Waals surface area contributed by atoms with Crippen molar-refractivity contribution in [1.82, 2.24) is 9.78 Å². The van der Waals surface area contributed by atoms with Crippen LogP contribution in [0.3, 0.4) is 0 Å². The molecular formula is C14H12N2OS. The van der Waals surface area contributed by atoms with Crippen LogP contribution in [0.15, 0.2) is 46.6 Å². The van der Waals surface area contributed by atoms with Crippen molar-refractivity contribution < 1.29 is 0 Å². The first kappa shape index (κ1) is 11.2. The molecule has 0 saturated heterocycles. The molecule has 0 bridgehead atoms. The number of thiophene rings is 1. The largest absolute Gasteiger partial charge is 0.274 e. The number of fused-ring (bicyclic) bond motifs is 1. The van der Waals surface area contributed by atoms with Gasteiger partial charge in [-0.15, -0.1) is 11.3 Å². The highest BCUT2D eigenvalue weighted by Gasteiger charge is 2.07. The first-order valence-corrected chi connectivity index (χ1v) is 6.62. The molecule has 0 unspecified atom stereocenters. The van der Waals surface area contributed by atoms with Gasteiger partial charge in [0.2, 0.25) is 0 Å². The van der Waals surface area contributed by atoms with Crippen LogP contribution in [0.4, 0.5) is 0 Å². The van der Waals surface area contributed by atoms with Crippen LogP contribution in [-0.4, -0.2) is 9.78 Å². The van der Waals surface area contributed by atoms with Gasteiger partial charge in [-0.25, -0.2) is 4.68 Å². The molecule has 0 N–H and O–H groups in total. The fourth-order valence-electron chi connectivity index (χ4n) is 2.06. The quantitative estimate of drug-likeness (QED) is 0.706. The van der Waals surface area contributed by atoms with Crippen LogP contribution in [0, 0.1) is 6.92 Å². The number of aryl methyl sites for hydroxylation is 1. The summed E-state index contributed by atoms with van der Waals surface area (Å²) in [5.41, 5.74) is 0.867. The Kier molecular flexibility index (Phi) is 2.72. The minimum Gasteiger partial charge on any atom is -0.267 e. The highest BCUT2D eigenvalue weighted by Crippen LogP contribution is 2.13. The second-order valence-electron chi connectivity index (χ2n) is 4.17. The summed E-state index contributed by atoms with van der Waals surface area (Å²) in [4.78, 5) is 13.5. The van der Waals surface area contributed by atoms with E-state index in [1.54, 1.807) is 16.0 Å². The maximum absolute atomic E-state index is 12.3. The first-order valence-electron chi connectivity index (χ1n) is 5.74. The van der Waals surface area contributed by atoms with Crippen molar-refractivity contribution in [3.63, 3.8) is 0 Å². The molecule has 0 aliphatic heterocycles. The fourth-order valence-corrected chi connectivity index (χ4v) is 2.75. The third-order valence-corrected chi connectivity index (χ3v) is 3.80. The summed E-state index contributed by atoms with van der Waals surface area (Å²) in [6.45, 7) is 2.48. The lowest BCUT2D eigenvalue weighted by molar-refractivity contribution is 0.644. The first-order chi connectivity index (χ1) is 8.75. The van der Waals surface area contributed by atoms with Gasteiger partial charge in [-0.05, 0) is 24.4 Å². The maximum atomic E-state index is 12.3. The Bertz CT molecular complexity index is 744. The number of hydrogen-bond donors (Lipinski definition) is 0. The summed E-state index contributed by atoms with van der Waals surface area (Å²) in [6, 6.07) is 11.6. The van der Waals surface area contributed by atoms with Crippen molar-refractivity contribution in [2.24, 2.45) is 0 Å². The SMILES string of the molecule is Cc1nn(Cc2cccs2)c(=O)c2ccccc12. The number of benzene rings is 1. The van der Waals surface area contributed by atoms with Gasteiger partial charge in [-0.2, -0.15) is 5.10 Å². The van der Waals surface area contributed by atoms with E-state index in [1.165, 1.54) is 0 Å². The minimum absolute atomic E-state index is 0.0235. The molecular weight excluding hydrogens is 244 g/mol. The molecule has 0 saturated carbocycles. The van der Waals surface area contributed by atoms with Crippen LogP contribution in [-0.2, 0) is 6.54 Å². The summed E-state index contributed by atoms with van der Waals surface area (Å²) in [7, 11) is 0. The molecule has 0 fully saturated rings. The smallest absolute Gasteiger partial charge is 0.267 e. The summed E-state index contributed by atoms with van der Waals surface area (Å²) in [5, 5.41) is 8.07. The molecule has 3 aromatic rings. The van der Waals surface area contributed by atoms with Gasteiger partial charge in [0.15, 0.2) is 0 Å². The molecule has 0 amide bonds. The van der Waals surface area contributed by atoms with E-state index < -0.39 is 0 Å². The Morgan fingerprint density at radius 3 is 2.67 bits per heavy atom. The number of rotatable bonds is 2. The third-order valence-electron chi connectivity index (χ3n) is 2.94. The zero-order valence-electron chi connectivity index (χ0n) is 9.96. The predicted octanol–water partition coefficient (Wildman–Crippen LogP) is 2.81. The van der Waals surface area contributed by atoms with Gasteiger partial charge in [-0.1, -0.05) is 24.3 Å². The van der Waals surface area contributed by atoms with Crippen LogP contribution in [0.25, 0.3) is 10.8 Å². The third kappa shape index (κ3) is 1.84. The van der Waals surface area contributed by atoms with Crippen molar-refractivity contribution in [3.05, 3.63) is 62.7 Å². The Balaban J connectivity index is 2.19. The van der Waals surface area contributed by atoms with Crippen molar-refractivity contribution in [3.8, 4) is 0 Å². The molecule has 0 atom stereocenters. The van der Waals surface area contributed by atoms with E-state index in [0.29, 0.717) is 6.54 Å². The van der Waals surface area contributed by atoms with Crippen LogP contribution in [0.5, 0.6) is 0 Å². The Morgan fingerprint density at radius 1 is 1.17 bits per heavy atom. The lowest BCUT2D eigenvalue weighted by atomic mass is 10.1. The van der Waals surface area contributed by atoms with E-state index in [-0.39, 0.29) is 5.56 Å². The van der Waals surface area contributed by atoms with Crippen LogP contribution >= 0.6 is 11.3 Å². The monoisotopic (exact) mass is 256 g/mol. The molecule has 3 nitrogen and oxygen atoms in total. The molecule has 1 aromatic carbocycles. The van der Waals surface area contributed by atoms with Crippen molar-refractivity contribution >= 4 is 22.1 Å². The van der Waals surface area contributed by atoms with Gasteiger partial charge in [-0.3, -0.25) is 4.79 Å². The summed E-state index contributed by atoms with van der Waals surface area (Å²) < 4.78 is 1.55. The zero-order chi connectivity index (χ0) is 12.5. The molecule has 0 spiro atoms. The van der Waals surface area contributed by atoms with Gasteiger partial charge >= 0.3 is 0 Å². The molecule has 2 aromatic heterocycles. The molecule has 3 rings (SSSR count). The molecule has 0 radical (unpaired) electrons. The zero-order valence-corrected chi connectivity index (χ0v) is 10.8. The maximum Gasteiger partial charge on any atom is 0.274 e. The van der Waals surface area contributed by atoms with E-state index in [9.17, 15) is 4.79 Å². The van der Waals surface area contributed by atoms with E-state index in [0.717, 1.165) is 21.3 Å². The van der Waals surface area contributed by atoms with Crippen LogP contribution in [0.1, 0.15) is 10.6 Å². The molecule has 0 aliphatic carbocycles. The van der Waals surface area contributed by atoms with E-state index >= 15 is 0 Å². The Hall–Kier alpha value is -1.94. The predicted molar refractivity (Wildman–Crippen MR) is 74.2 cm³/mol. The van der Waals surface area contributed by atoms with Gasteiger partial charge < -0.3 is 0 Å². The normalized spacial score (nSPS) is 10.9. The standard InChI is InChI=1S/C14H12N2OS/c1-10-12-6-2-3-7-13(12)14(17)16(15-10)9-11-5-4-8-18-11/h2-8H,9H2,1H3. The second-order valence-corrected chi connectivity index (χ2v) is 5.21. The average molecular weight is 256 g/mol. The highest BCUT2D eigenvalue weighted by molar-refractivity contribution is 7.09. The van der Waals surface area contributed by atoms with E-state index in [2.05, 4.69) is 5.10 Å². The van der Waals surface area contributed by atoms with Crippen molar-refractivity contribution in [2.75, 3.05) is 0 Å². The summed E-state index contributed by atoms with van der Waals surface area (Å²) in [6.07, 6.45) is 0. The van der Waals surface area contributed by atoms with Crippen LogP contribution in [0.2, 0.25) is 0 Å². The van der Waals surface area contributed by atoms with Crippen LogP contribution < -0.4 is 5.56 Å². The summed E-state index contributed by atoms with van der Waals surface area (Å²) >= 11 is 1.64. The van der Waals surface area contributed by atoms with Gasteiger partial charge in [0.25, 0.3) is 5.56 Å². The highest BCUT2D eigenvalue weighted by atomic mass is 32.1. The van der Waals surface area contributed by atoms with Crippen molar-refractivity contribution in [1.29, 1.82) is 0 Å². The number of hydrogen-bond acceptors (Lipinski definition) is 3. The molecule has 2 heterocycles. The molecule has 4 heteroatoms. The Labute approximate surface area is 108 Å². The second kappa shape index (κ2) is 4.38. The van der Waals surface area contributed by atoms with Gasteiger partial charge in [0.1, 0.15) is 0 Å². The fraction of sp³-hybridized carbons (Fsp3) is 0.143. The van der Waals surface area contributed by atoms with Crippen molar-refractivity contribution in [2.45, 2.75) is 13.5 Å². The minimum atomic E-state index is -0.0235. The average Bonchev–Trinajstić information content (AvgIpc) is 2.89. The summed E-state index contributed by atoms with van der Waals surface area (Å²) in [5.74, 6) is 0. The van der Waals surface area contributed by atoms with Gasteiger partial charge in [0.05, 0.1) is 17.6 Å². The molecule has 90 valence electrons. The van der Waals surface area contributed by atoms with E-state index in [4.69, 9.17) is 0 Å². The lowest BCUT2D eigenvalue weighted by Gasteiger charge is -2.07. The topological polar surface area (TPSA) is 34.9 Å². The lowest BCUT2D eigenvalue weighted by Crippen LogP contribution is -2.24. The van der Waals surface area contributed by atoms with E-state index in [1.807, 2.05) is 48.7 Å². The molecule has 18 heavy (non-hydrogen) atoms. The van der Waals surface area contributed by atoms with Gasteiger partial charge in [0, 0.05) is 10.3 Å². The number of nitrogens with zero attached hydrogens (tertiary/aromatic N) is 2. The Morgan fingerprint density at radius 2 is 1.94 bits per heavy atom.